The molecular weight excluding hydrogens is 372 g/mol. The third-order valence-electron chi connectivity index (χ3n) is 4.56. The molecule has 1 aromatic heterocycles. The van der Waals surface area contributed by atoms with Gasteiger partial charge < -0.3 is 10.3 Å². The molecule has 0 atom stereocenters. The fourth-order valence-electron chi connectivity index (χ4n) is 3.14. The van der Waals surface area contributed by atoms with E-state index in [4.69, 9.17) is 5.73 Å². The van der Waals surface area contributed by atoms with E-state index < -0.39 is 0 Å². The van der Waals surface area contributed by atoms with Gasteiger partial charge in [0.05, 0.1) is 0 Å². The van der Waals surface area contributed by atoms with Crippen molar-refractivity contribution in [3.8, 4) is 11.1 Å². The SMILES string of the molecule is NCc1ccc(-c2ccc3c(ccn3Cc3ccc(Br)cc3)c2)cc1. The molecule has 3 heteroatoms. The van der Waals surface area contributed by atoms with Gasteiger partial charge in [0.1, 0.15) is 0 Å². The Balaban J connectivity index is 1.65. The molecule has 25 heavy (non-hydrogen) atoms. The van der Waals surface area contributed by atoms with Gasteiger partial charge in [0.2, 0.25) is 0 Å². The first-order chi connectivity index (χ1) is 12.2. The van der Waals surface area contributed by atoms with E-state index in [2.05, 4.69) is 99.5 Å². The van der Waals surface area contributed by atoms with Crippen LogP contribution < -0.4 is 5.73 Å². The second-order valence-corrected chi connectivity index (χ2v) is 7.16. The predicted octanol–water partition coefficient (Wildman–Crippen LogP) is 5.58. The van der Waals surface area contributed by atoms with Gasteiger partial charge in [0, 0.05) is 34.7 Å². The molecule has 3 aromatic carbocycles. The molecule has 2 nitrogen and oxygen atoms in total. The first-order valence-corrected chi connectivity index (χ1v) is 9.15. The van der Waals surface area contributed by atoms with Crippen molar-refractivity contribution in [1.82, 2.24) is 4.57 Å². The van der Waals surface area contributed by atoms with Crippen LogP contribution in [0, 0.1) is 0 Å². The van der Waals surface area contributed by atoms with Gasteiger partial charge in [-0.3, -0.25) is 0 Å². The van der Waals surface area contributed by atoms with Gasteiger partial charge in [-0.25, -0.2) is 0 Å². The third kappa shape index (κ3) is 3.39. The van der Waals surface area contributed by atoms with Gasteiger partial charge in [-0.1, -0.05) is 58.4 Å². The summed E-state index contributed by atoms with van der Waals surface area (Å²) in [5.41, 5.74) is 11.8. The molecular formula is C22H19BrN2. The zero-order chi connectivity index (χ0) is 17.2. The monoisotopic (exact) mass is 390 g/mol. The lowest BCUT2D eigenvalue weighted by molar-refractivity contribution is 0.837. The summed E-state index contributed by atoms with van der Waals surface area (Å²) in [7, 11) is 0. The number of rotatable bonds is 4. The van der Waals surface area contributed by atoms with Crippen LogP contribution in [0.4, 0.5) is 0 Å². The van der Waals surface area contributed by atoms with E-state index in [1.807, 2.05) is 0 Å². The fraction of sp³-hybridized carbons (Fsp3) is 0.0909. The number of fused-ring (bicyclic) bond motifs is 1. The number of hydrogen-bond acceptors (Lipinski definition) is 1. The van der Waals surface area contributed by atoms with Gasteiger partial charge in [-0.2, -0.15) is 0 Å². The van der Waals surface area contributed by atoms with E-state index in [9.17, 15) is 0 Å². The fourth-order valence-corrected chi connectivity index (χ4v) is 3.40. The summed E-state index contributed by atoms with van der Waals surface area (Å²) >= 11 is 3.49. The van der Waals surface area contributed by atoms with Crippen molar-refractivity contribution in [2.45, 2.75) is 13.1 Å². The van der Waals surface area contributed by atoms with Crippen molar-refractivity contribution >= 4 is 26.8 Å². The molecule has 0 fully saturated rings. The van der Waals surface area contributed by atoms with Gasteiger partial charge in [0.15, 0.2) is 0 Å². The van der Waals surface area contributed by atoms with Crippen LogP contribution in [0.1, 0.15) is 11.1 Å². The van der Waals surface area contributed by atoms with Crippen molar-refractivity contribution in [3.63, 3.8) is 0 Å². The molecule has 0 bridgehead atoms. The summed E-state index contributed by atoms with van der Waals surface area (Å²) in [6.07, 6.45) is 2.16. The first-order valence-electron chi connectivity index (χ1n) is 8.36. The topological polar surface area (TPSA) is 30.9 Å². The van der Waals surface area contributed by atoms with Gasteiger partial charge >= 0.3 is 0 Å². The van der Waals surface area contributed by atoms with E-state index >= 15 is 0 Å². The van der Waals surface area contributed by atoms with Gasteiger partial charge in [0.25, 0.3) is 0 Å². The lowest BCUT2D eigenvalue weighted by Crippen LogP contribution is -1.97. The van der Waals surface area contributed by atoms with Gasteiger partial charge in [-0.05, 0) is 52.6 Å². The maximum atomic E-state index is 5.68. The minimum Gasteiger partial charge on any atom is -0.343 e. The molecule has 0 aliphatic rings. The summed E-state index contributed by atoms with van der Waals surface area (Å²) in [5, 5.41) is 1.26. The smallest absolute Gasteiger partial charge is 0.0483 e. The Kier molecular flexibility index (Phi) is 4.43. The summed E-state index contributed by atoms with van der Waals surface area (Å²) in [6.45, 7) is 1.46. The number of nitrogens with two attached hydrogens (primary N) is 1. The standard InChI is InChI=1S/C22H19BrN2/c23-21-8-3-17(4-9-21)15-25-12-11-20-13-19(7-10-22(20)25)18-5-1-16(14-24)2-6-18/h1-13H,14-15,24H2. The van der Waals surface area contributed by atoms with Crippen molar-refractivity contribution in [3.05, 3.63) is 94.6 Å². The number of aromatic nitrogens is 1. The Hall–Kier alpha value is -2.36. The quantitative estimate of drug-likeness (QED) is 0.484. The molecule has 0 radical (unpaired) electrons. The average Bonchev–Trinajstić information content (AvgIpc) is 3.06. The van der Waals surface area contributed by atoms with Gasteiger partial charge in [-0.15, -0.1) is 0 Å². The number of benzene rings is 3. The highest BCUT2D eigenvalue weighted by Gasteiger charge is 2.05. The number of halogens is 1. The zero-order valence-electron chi connectivity index (χ0n) is 13.8. The maximum Gasteiger partial charge on any atom is 0.0483 e. The second-order valence-electron chi connectivity index (χ2n) is 6.24. The number of hydrogen-bond donors (Lipinski definition) is 1. The first kappa shape index (κ1) is 16.1. The van der Waals surface area contributed by atoms with E-state index in [1.165, 1.54) is 27.6 Å². The Morgan fingerprint density at radius 2 is 1.44 bits per heavy atom. The highest BCUT2D eigenvalue weighted by atomic mass is 79.9. The maximum absolute atomic E-state index is 5.68. The molecule has 0 saturated carbocycles. The lowest BCUT2D eigenvalue weighted by atomic mass is 10.0. The lowest BCUT2D eigenvalue weighted by Gasteiger charge is -2.08. The Morgan fingerprint density at radius 1 is 0.760 bits per heavy atom. The molecule has 0 unspecified atom stereocenters. The largest absolute Gasteiger partial charge is 0.343 e. The summed E-state index contributed by atoms with van der Waals surface area (Å²) < 4.78 is 3.40. The van der Waals surface area contributed by atoms with Crippen molar-refractivity contribution in [2.24, 2.45) is 5.73 Å². The summed E-state index contributed by atoms with van der Waals surface area (Å²) in [5.74, 6) is 0. The Labute approximate surface area is 156 Å². The number of nitrogens with zero attached hydrogens (tertiary/aromatic N) is 1. The van der Waals surface area contributed by atoms with Crippen LogP contribution in [0.2, 0.25) is 0 Å². The molecule has 1 heterocycles. The minimum atomic E-state index is 0.582. The zero-order valence-corrected chi connectivity index (χ0v) is 15.4. The van der Waals surface area contributed by atoms with Crippen LogP contribution in [-0.4, -0.2) is 4.57 Å². The van der Waals surface area contributed by atoms with Crippen LogP contribution in [0.3, 0.4) is 0 Å². The minimum absolute atomic E-state index is 0.582. The molecule has 2 N–H and O–H groups in total. The molecule has 0 aliphatic heterocycles. The van der Waals surface area contributed by atoms with Crippen LogP contribution in [0.15, 0.2) is 83.5 Å². The third-order valence-corrected chi connectivity index (χ3v) is 5.09. The van der Waals surface area contributed by atoms with E-state index in [0.29, 0.717) is 6.54 Å². The van der Waals surface area contributed by atoms with Crippen LogP contribution in [0.25, 0.3) is 22.0 Å². The van der Waals surface area contributed by atoms with E-state index in [1.54, 1.807) is 0 Å². The average molecular weight is 391 g/mol. The van der Waals surface area contributed by atoms with Crippen molar-refractivity contribution in [1.29, 1.82) is 0 Å². The van der Waals surface area contributed by atoms with E-state index in [0.717, 1.165) is 16.6 Å². The molecule has 4 aromatic rings. The Morgan fingerprint density at radius 3 is 2.16 bits per heavy atom. The van der Waals surface area contributed by atoms with Crippen LogP contribution in [0.5, 0.6) is 0 Å². The molecule has 0 saturated heterocycles. The highest BCUT2D eigenvalue weighted by Crippen LogP contribution is 2.26. The van der Waals surface area contributed by atoms with Crippen LogP contribution in [-0.2, 0) is 13.1 Å². The highest BCUT2D eigenvalue weighted by molar-refractivity contribution is 9.10. The summed E-state index contributed by atoms with van der Waals surface area (Å²) in [4.78, 5) is 0. The second kappa shape index (κ2) is 6.87. The molecule has 0 spiro atoms. The molecule has 4 rings (SSSR count). The normalized spacial score (nSPS) is 11.1. The van der Waals surface area contributed by atoms with Crippen molar-refractivity contribution in [2.75, 3.05) is 0 Å². The Bertz CT molecular complexity index is 999. The molecule has 0 amide bonds. The molecule has 124 valence electrons. The predicted molar refractivity (Wildman–Crippen MR) is 109 cm³/mol. The summed E-state index contributed by atoms with van der Waals surface area (Å²) in [6, 6.07) is 25.8. The molecule has 0 aliphatic carbocycles. The van der Waals surface area contributed by atoms with Crippen LogP contribution >= 0.6 is 15.9 Å². The van der Waals surface area contributed by atoms with Crippen molar-refractivity contribution < 1.29 is 0 Å². The van der Waals surface area contributed by atoms with E-state index in [-0.39, 0.29) is 0 Å².